The highest BCUT2D eigenvalue weighted by Crippen LogP contribution is 2.38. The first kappa shape index (κ1) is 26.2. The van der Waals surface area contributed by atoms with E-state index in [1.54, 1.807) is 4.57 Å². The molecule has 0 spiro atoms. The smallest absolute Gasteiger partial charge is 0.394 e. The van der Waals surface area contributed by atoms with Crippen LogP contribution in [0.2, 0.25) is 10.0 Å². The van der Waals surface area contributed by atoms with Crippen LogP contribution in [0.25, 0.3) is 11.2 Å². The third kappa shape index (κ3) is 5.42. The average molecular weight is 550 g/mol. The highest BCUT2D eigenvalue weighted by atomic mass is 35.5. The molecule has 9 nitrogen and oxygen atoms in total. The summed E-state index contributed by atoms with van der Waals surface area (Å²) in [5.74, 6) is -1.72. The maximum absolute atomic E-state index is 14.6. The summed E-state index contributed by atoms with van der Waals surface area (Å²) >= 11 is 12.0. The molecule has 1 fully saturated rings. The molecule has 194 valence electrons. The van der Waals surface area contributed by atoms with Gasteiger partial charge < -0.3 is 21.5 Å². The van der Waals surface area contributed by atoms with Gasteiger partial charge in [0.2, 0.25) is 17.8 Å². The number of benzene rings is 1. The van der Waals surface area contributed by atoms with Gasteiger partial charge in [0.05, 0.1) is 23.5 Å². The summed E-state index contributed by atoms with van der Waals surface area (Å²) in [6, 6.07) is -0.166. The van der Waals surface area contributed by atoms with Gasteiger partial charge in [0.25, 0.3) is 0 Å². The van der Waals surface area contributed by atoms with Gasteiger partial charge in [-0.1, -0.05) is 23.2 Å². The van der Waals surface area contributed by atoms with Crippen molar-refractivity contribution in [2.24, 2.45) is 11.7 Å². The predicted octanol–water partition coefficient (Wildman–Crippen LogP) is 4.57. The van der Waals surface area contributed by atoms with Crippen LogP contribution in [0.15, 0.2) is 18.3 Å². The minimum Gasteiger partial charge on any atom is -0.394 e. The first-order chi connectivity index (χ1) is 17.0. The standard InChI is InChI=1S/C21H21Cl2F4N7O2/c22-10-5-12(23)16(13(24)6-10)32-20-30-14-7-29-19(31-15(8-35)21(25,26)27)33-18(14)34(20)11-3-1-9(2-4-11)17(28)36/h5-7,9,11,15,35H,1-4,8H2,(H2,28,36)(H,30,32)(H,29,31,33). The number of rotatable bonds is 7. The van der Waals surface area contributed by atoms with E-state index in [9.17, 15) is 22.4 Å². The van der Waals surface area contributed by atoms with E-state index in [-0.39, 0.29) is 50.8 Å². The Bertz CT molecular complexity index is 1260. The molecule has 1 atom stereocenters. The number of aromatic nitrogens is 4. The van der Waals surface area contributed by atoms with Crippen LogP contribution < -0.4 is 16.4 Å². The highest BCUT2D eigenvalue weighted by Gasteiger charge is 2.40. The molecule has 2 heterocycles. The molecule has 15 heteroatoms. The molecule has 0 bridgehead atoms. The lowest BCUT2D eigenvalue weighted by molar-refractivity contribution is -0.149. The van der Waals surface area contributed by atoms with Gasteiger partial charge in [-0.05, 0) is 37.8 Å². The van der Waals surface area contributed by atoms with E-state index in [2.05, 4.69) is 25.6 Å². The number of halogens is 6. The third-order valence-corrected chi connectivity index (χ3v) is 6.54. The Morgan fingerprint density at radius 1 is 1.22 bits per heavy atom. The van der Waals surface area contributed by atoms with E-state index in [0.29, 0.717) is 25.7 Å². The summed E-state index contributed by atoms with van der Waals surface area (Å²) in [6.45, 7) is -1.22. The van der Waals surface area contributed by atoms with E-state index in [0.717, 1.165) is 6.07 Å². The summed E-state index contributed by atoms with van der Waals surface area (Å²) in [6.07, 6.45) is -1.60. The number of aliphatic hydroxyl groups excluding tert-OH is 1. The molecule has 0 saturated heterocycles. The Hall–Kier alpha value is -2.90. The molecular weight excluding hydrogens is 529 g/mol. The topological polar surface area (TPSA) is 131 Å². The molecule has 0 radical (unpaired) electrons. The number of carbonyl (C=O) groups excluding carboxylic acids is 1. The summed E-state index contributed by atoms with van der Waals surface area (Å²) < 4.78 is 55.7. The first-order valence-electron chi connectivity index (χ1n) is 10.9. The van der Waals surface area contributed by atoms with Gasteiger partial charge in [-0.3, -0.25) is 9.36 Å². The number of carbonyl (C=O) groups is 1. The molecule has 3 aromatic rings. The highest BCUT2D eigenvalue weighted by molar-refractivity contribution is 6.36. The number of imidazole rings is 1. The van der Waals surface area contributed by atoms with E-state index >= 15 is 0 Å². The van der Waals surface area contributed by atoms with Crippen LogP contribution in [0.4, 0.5) is 35.1 Å². The minimum atomic E-state index is -4.74. The van der Waals surface area contributed by atoms with E-state index in [4.69, 9.17) is 34.0 Å². The molecule has 1 unspecified atom stereocenters. The Balaban J connectivity index is 1.77. The SMILES string of the molecule is NC(=O)C1CCC(n2c(Nc3c(F)cc(Cl)cc3Cl)nc3cnc(NC(CO)C(F)(F)F)nc32)CC1. The second kappa shape index (κ2) is 10.2. The van der Waals surface area contributed by atoms with Gasteiger partial charge in [-0.15, -0.1) is 0 Å². The third-order valence-electron chi connectivity index (χ3n) is 6.02. The van der Waals surface area contributed by atoms with Crippen molar-refractivity contribution in [3.05, 3.63) is 34.2 Å². The van der Waals surface area contributed by atoms with Gasteiger partial charge in [0.1, 0.15) is 17.4 Å². The van der Waals surface area contributed by atoms with Crippen LogP contribution in [-0.4, -0.2) is 49.4 Å². The maximum Gasteiger partial charge on any atom is 0.410 e. The number of fused-ring (bicyclic) bond motifs is 1. The fourth-order valence-electron chi connectivity index (χ4n) is 4.17. The van der Waals surface area contributed by atoms with Crippen molar-refractivity contribution in [3.63, 3.8) is 0 Å². The van der Waals surface area contributed by atoms with Crippen molar-refractivity contribution in [3.8, 4) is 0 Å². The second-order valence-corrected chi connectivity index (χ2v) is 9.25. The van der Waals surface area contributed by atoms with Crippen molar-refractivity contribution in [2.45, 2.75) is 43.9 Å². The van der Waals surface area contributed by atoms with Gasteiger partial charge in [0, 0.05) is 17.0 Å². The molecule has 4 rings (SSSR count). The zero-order valence-corrected chi connectivity index (χ0v) is 20.0. The number of primary amides is 1. The number of aliphatic hydroxyl groups is 1. The Morgan fingerprint density at radius 3 is 2.50 bits per heavy atom. The number of amides is 1. The number of nitrogens with two attached hydrogens (primary N) is 1. The molecule has 1 aliphatic carbocycles. The van der Waals surface area contributed by atoms with Gasteiger partial charge in [-0.2, -0.15) is 18.2 Å². The normalized spacial score (nSPS) is 19.3. The number of hydrogen-bond acceptors (Lipinski definition) is 7. The van der Waals surface area contributed by atoms with Crippen molar-refractivity contribution in [1.82, 2.24) is 19.5 Å². The molecular formula is C21H21Cl2F4N7O2. The summed E-state index contributed by atoms with van der Waals surface area (Å²) in [4.78, 5) is 24.1. The van der Waals surface area contributed by atoms with E-state index < -0.39 is 30.5 Å². The Morgan fingerprint density at radius 2 is 1.92 bits per heavy atom. The van der Waals surface area contributed by atoms with Crippen molar-refractivity contribution in [1.29, 1.82) is 0 Å². The summed E-state index contributed by atoms with van der Waals surface area (Å²) in [7, 11) is 0. The lowest BCUT2D eigenvalue weighted by Crippen LogP contribution is -2.39. The molecule has 36 heavy (non-hydrogen) atoms. The number of anilines is 3. The van der Waals surface area contributed by atoms with Crippen LogP contribution in [0.1, 0.15) is 31.7 Å². The molecule has 1 saturated carbocycles. The molecule has 1 amide bonds. The van der Waals surface area contributed by atoms with Crippen LogP contribution in [0.3, 0.4) is 0 Å². The lowest BCUT2D eigenvalue weighted by atomic mass is 9.85. The molecule has 1 aromatic carbocycles. The number of alkyl halides is 3. The summed E-state index contributed by atoms with van der Waals surface area (Å²) in [5.41, 5.74) is 5.72. The first-order valence-corrected chi connectivity index (χ1v) is 11.6. The minimum absolute atomic E-state index is 0.0135. The van der Waals surface area contributed by atoms with Crippen LogP contribution in [0, 0.1) is 11.7 Å². The number of nitrogens with one attached hydrogen (secondary N) is 2. The zero-order chi connectivity index (χ0) is 26.2. The predicted molar refractivity (Wildman–Crippen MR) is 126 cm³/mol. The summed E-state index contributed by atoms with van der Waals surface area (Å²) in [5, 5.41) is 14.1. The second-order valence-electron chi connectivity index (χ2n) is 8.41. The molecule has 1 aliphatic rings. The van der Waals surface area contributed by atoms with Gasteiger partial charge in [0.15, 0.2) is 5.65 Å². The molecule has 5 N–H and O–H groups in total. The van der Waals surface area contributed by atoms with Gasteiger partial charge in [-0.25, -0.2) is 14.4 Å². The Kier molecular flexibility index (Phi) is 7.43. The average Bonchev–Trinajstić information content (AvgIpc) is 3.16. The lowest BCUT2D eigenvalue weighted by Gasteiger charge is -2.29. The van der Waals surface area contributed by atoms with Crippen LogP contribution >= 0.6 is 23.2 Å². The van der Waals surface area contributed by atoms with E-state index in [1.807, 2.05) is 0 Å². The number of nitrogens with zero attached hydrogens (tertiary/aromatic N) is 4. The molecule has 2 aromatic heterocycles. The fourth-order valence-corrected chi connectivity index (χ4v) is 4.69. The van der Waals surface area contributed by atoms with Crippen molar-refractivity contribution in [2.75, 3.05) is 17.2 Å². The Labute approximate surface area is 212 Å². The quantitative estimate of drug-likeness (QED) is 0.317. The van der Waals surface area contributed by atoms with Gasteiger partial charge >= 0.3 is 6.18 Å². The largest absolute Gasteiger partial charge is 0.410 e. The van der Waals surface area contributed by atoms with E-state index in [1.165, 1.54) is 12.3 Å². The zero-order valence-electron chi connectivity index (χ0n) is 18.5. The molecule has 0 aliphatic heterocycles. The number of hydrogen-bond donors (Lipinski definition) is 4. The monoisotopic (exact) mass is 549 g/mol. The van der Waals surface area contributed by atoms with Crippen LogP contribution in [0.5, 0.6) is 0 Å². The van der Waals surface area contributed by atoms with Crippen molar-refractivity contribution >= 4 is 57.9 Å². The van der Waals surface area contributed by atoms with Crippen molar-refractivity contribution < 1.29 is 27.5 Å². The fraction of sp³-hybridized carbons (Fsp3) is 0.429. The van der Waals surface area contributed by atoms with Crippen LogP contribution in [-0.2, 0) is 4.79 Å². The maximum atomic E-state index is 14.6.